The molecule has 0 aromatic rings. The fourth-order valence-corrected chi connectivity index (χ4v) is 1.95. The van der Waals surface area contributed by atoms with Crippen LogP contribution in [0.1, 0.15) is 33.6 Å². The van der Waals surface area contributed by atoms with E-state index in [4.69, 9.17) is 0 Å². The number of nitrogens with one attached hydrogen (secondary N) is 1. The summed E-state index contributed by atoms with van der Waals surface area (Å²) in [4.78, 5) is 38.1. The third-order valence-electron chi connectivity index (χ3n) is 3.41. The van der Waals surface area contributed by atoms with Gasteiger partial charge in [0.15, 0.2) is 0 Å². The van der Waals surface area contributed by atoms with Crippen molar-refractivity contribution < 1.29 is 14.4 Å². The maximum Gasteiger partial charge on any atom is 0.232 e. The lowest BCUT2D eigenvalue weighted by Gasteiger charge is -2.34. The summed E-state index contributed by atoms with van der Waals surface area (Å²) in [5, 5.41) is 2.78. The molecule has 1 atom stereocenters. The summed E-state index contributed by atoms with van der Waals surface area (Å²) in [6.07, 6.45) is 0.738. The highest BCUT2D eigenvalue weighted by Gasteiger charge is 2.23. The average Bonchev–Trinajstić information content (AvgIpc) is 2.38. The number of hydrogen-bond donors (Lipinski definition) is 1. The molecule has 1 heterocycles. The molecule has 108 valence electrons. The van der Waals surface area contributed by atoms with Crippen LogP contribution in [0.3, 0.4) is 0 Å². The molecule has 1 N–H and O–H groups in total. The molecule has 6 nitrogen and oxygen atoms in total. The van der Waals surface area contributed by atoms with Crippen LogP contribution in [-0.4, -0.2) is 59.7 Å². The quantitative estimate of drug-likeness (QED) is 0.729. The van der Waals surface area contributed by atoms with Crippen molar-refractivity contribution in [3.05, 3.63) is 0 Å². The highest BCUT2D eigenvalue weighted by Crippen LogP contribution is 2.04. The van der Waals surface area contributed by atoms with E-state index in [1.807, 2.05) is 13.8 Å². The van der Waals surface area contributed by atoms with Crippen LogP contribution in [0.15, 0.2) is 0 Å². The lowest BCUT2D eigenvalue weighted by Crippen LogP contribution is -2.50. The van der Waals surface area contributed by atoms with Gasteiger partial charge in [-0.2, -0.15) is 0 Å². The van der Waals surface area contributed by atoms with E-state index < -0.39 is 0 Å². The molecule has 1 aliphatic rings. The zero-order chi connectivity index (χ0) is 14.4. The predicted octanol–water partition coefficient (Wildman–Crippen LogP) is -0.0181. The molecule has 1 aliphatic heterocycles. The van der Waals surface area contributed by atoms with E-state index in [2.05, 4.69) is 5.32 Å². The van der Waals surface area contributed by atoms with E-state index in [1.54, 1.807) is 9.80 Å². The van der Waals surface area contributed by atoms with Crippen molar-refractivity contribution in [2.75, 3.05) is 26.2 Å². The highest BCUT2D eigenvalue weighted by molar-refractivity contribution is 5.97. The van der Waals surface area contributed by atoms with Crippen LogP contribution in [0, 0.1) is 0 Å². The Kier molecular flexibility index (Phi) is 5.79. The number of amides is 3. The van der Waals surface area contributed by atoms with Crippen LogP contribution in [0.25, 0.3) is 0 Å². The van der Waals surface area contributed by atoms with Gasteiger partial charge in [-0.15, -0.1) is 0 Å². The van der Waals surface area contributed by atoms with Gasteiger partial charge in [-0.3, -0.25) is 14.4 Å². The second-order valence-electron chi connectivity index (χ2n) is 4.94. The molecule has 6 heteroatoms. The number of nitrogens with zero attached hydrogens (tertiary/aromatic N) is 2. The third-order valence-corrected chi connectivity index (χ3v) is 3.41. The monoisotopic (exact) mass is 269 g/mol. The minimum absolute atomic E-state index is 0.0293. The van der Waals surface area contributed by atoms with Gasteiger partial charge in [-0.25, -0.2) is 0 Å². The first-order chi connectivity index (χ1) is 8.93. The van der Waals surface area contributed by atoms with Crippen molar-refractivity contribution in [1.29, 1.82) is 0 Å². The van der Waals surface area contributed by atoms with Crippen LogP contribution < -0.4 is 5.32 Å². The molecule has 1 saturated heterocycles. The van der Waals surface area contributed by atoms with Gasteiger partial charge in [0.1, 0.15) is 6.42 Å². The van der Waals surface area contributed by atoms with E-state index in [1.165, 1.54) is 6.92 Å². The molecule has 0 bridgehead atoms. The number of carbonyl (C=O) groups excluding carboxylic acids is 3. The van der Waals surface area contributed by atoms with Gasteiger partial charge in [-0.1, -0.05) is 6.92 Å². The molecular formula is C13H23N3O3. The van der Waals surface area contributed by atoms with Gasteiger partial charge in [0.25, 0.3) is 0 Å². The molecule has 1 unspecified atom stereocenters. The standard InChI is InChI=1S/C13H23N3O3/c1-4-10(2)14-12(18)9-13(19)16-7-5-15(6-8-16)11(3)17/h10H,4-9H2,1-3H3,(H,14,18). The Morgan fingerprint density at radius 2 is 1.63 bits per heavy atom. The van der Waals surface area contributed by atoms with E-state index in [9.17, 15) is 14.4 Å². The number of rotatable bonds is 4. The van der Waals surface area contributed by atoms with Gasteiger partial charge in [-0.05, 0) is 13.3 Å². The van der Waals surface area contributed by atoms with Gasteiger partial charge >= 0.3 is 0 Å². The van der Waals surface area contributed by atoms with Gasteiger partial charge < -0.3 is 15.1 Å². The third kappa shape index (κ3) is 4.89. The SMILES string of the molecule is CCC(C)NC(=O)CC(=O)N1CCN(C(C)=O)CC1. The van der Waals surface area contributed by atoms with Crippen LogP contribution >= 0.6 is 0 Å². The Bertz CT molecular complexity index is 349. The van der Waals surface area contributed by atoms with Crippen LogP contribution in [0.2, 0.25) is 0 Å². The van der Waals surface area contributed by atoms with Gasteiger partial charge in [0, 0.05) is 39.1 Å². The summed E-state index contributed by atoms with van der Waals surface area (Å²) in [6, 6.07) is 0.0925. The minimum atomic E-state index is -0.228. The fourth-order valence-electron chi connectivity index (χ4n) is 1.95. The van der Waals surface area contributed by atoms with E-state index >= 15 is 0 Å². The molecule has 0 saturated carbocycles. The normalized spacial score (nSPS) is 17.0. The summed E-state index contributed by atoms with van der Waals surface area (Å²) in [6.45, 7) is 7.53. The molecule has 1 rings (SSSR count). The van der Waals surface area contributed by atoms with Gasteiger partial charge in [0.2, 0.25) is 17.7 Å². The summed E-state index contributed by atoms with van der Waals surface area (Å²) < 4.78 is 0. The topological polar surface area (TPSA) is 69.7 Å². The van der Waals surface area contributed by atoms with E-state index in [0.717, 1.165) is 6.42 Å². The first-order valence-electron chi connectivity index (χ1n) is 6.76. The second-order valence-corrected chi connectivity index (χ2v) is 4.94. The molecule has 1 fully saturated rings. The predicted molar refractivity (Wildman–Crippen MR) is 71.3 cm³/mol. The van der Waals surface area contributed by atoms with Crippen molar-refractivity contribution in [3.63, 3.8) is 0 Å². The van der Waals surface area contributed by atoms with E-state index in [-0.39, 0.29) is 30.2 Å². The van der Waals surface area contributed by atoms with Crippen molar-refractivity contribution in [2.24, 2.45) is 0 Å². The first-order valence-corrected chi connectivity index (χ1v) is 6.76. The summed E-state index contributed by atoms with van der Waals surface area (Å²) in [5.74, 6) is -0.362. The lowest BCUT2D eigenvalue weighted by molar-refractivity contribution is -0.141. The maximum atomic E-state index is 11.9. The van der Waals surface area contributed by atoms with Crippen molar-refractivity contribution in [1.82, 2.24) is 15.1 Å². The largest absolute Gasteiger partial charge is 0.353 e. The zero-order valence-electron chi connectivity index (χ0n) is 11.9. The molecule has 0 aromatic heterocycles. The number of carbonyl (C=O) groups is 3. The zero-order valence-corrected chi connectivity index (χ0v) is 11.9. The molecule has 19 heavy (non-hydrogen) atoms. The summed E-state index contributed by atoms with van der Waals surface area (Å²) in [7, 11) is 0. The first kappa shape index (κ1) is 15.5. The van der Waals surface area contributed by atoms with Gasteiger partial charge in [0.05, 0.1) is 0 Å². The lowest BCUT2D eigenvalue weighted by atomic mass is 10.2. The van der Waals surface area contributed by atoms with Crippen molar-refractivity contribution in [3.8, 4) is 0 Å². The molecular weight excluding hydrogens is 246 g/mol. The second kappa shape index (κ2) is 7.11. The highest BCUT2D eigenvalue weighted by atomic mass is 16.2. The molecule has 0 aliphatic carbocycles. The Balaban J connectivity index is 2.35. The number of hydrogen-bond acceptors (Lipinski definition) is 3. The molecule has 3 amide bonds. The van der Waals surface area contributed by atoms with Crippen molar-refractivity contribution >= 4 is 17.7 Å². The number of piperazine rings is 1. The van der Waals surface area contributed by atoms with Crippen LogP contribution in [-0.2, 0) is 14.4 Å². The maximum absolute atomic E-state index is 11.9. The average molecular weight is 269 g/mol. The minimum Gasteiger partial charge on any atom is -0.353 e. The Morgan fingerprint density at radius 1 is 1.11 bits per heavy atom. The summed E-state index contributed by atoms with van der Waals surface area (Å²) in [5.41, 5.74) is 0. The van der Waals surface area contributed by atoms with Crippen molar-refractivity contribution in [2.45, 2.75) is 39.7 Å². The fraction of sp³-hybridized carbons (Fsp3) is 0.769. The van der Waals surface area contributed by atoms with Crippen LogP contribution in [0.4, 0.5) is 0 Å². The Hall–Kier alpha value is -1.59. The Morgan fingerprint density at radius 3 is 2.11 bits per heavy atom. The van der Waals surface area contributed by atoms with E-state index in [0.29, 0.717) is 26.2 Å². The smallest absolute Gasteiger partial charge is 0.232 e. The molecule has 0 spiro atoms. The molecule has 0 radical (unpaired) electrons. The summed E-state index contributed by atoms with van der Waals surface area (Å²) >= 11 is 0. The Labute approximate surface area is 114 Å². The molecule has 0 aromatic carbocycles. The van der Waals surface area contributed by atoms with Crippen LogP contribution in [0.5, 0.6) is 0 Å².